The first-order valence-electron chi connectivity index (χ1n) is 4.71. The van der Waals surface area contributed by atoms with Crippen LogP contribution in [0, 0.1) is 17.1 Å². The van der Waals surface area contributed by atoms with Crippen LogP contribution in [-0.2, 0) is 6.42 Å². The Balaban J connectivity index is 2.63. The largest absolute Gasteiger partial charge is 0.324 e. The summed E-state index contributed by atoms with van der Waals surface area (Å²) in [6.45, 7) is 0. The number of halogens is 1. The van der Waals surface area contributed by atoms with Gasteiger partial charge in [-0.15, -0.1) is 0 Å². The second-order valence-corrected chi connectivity index (χ2v) is 3.60. The van der Waals surface area contributed by atoms with Crippen LogP contribution in [0.15, 0.2) is 12.1 Å². The lowest BCUT2D eigenvalue weighted by atomic mass is 9.85. The van der Waals surface area contributed by atoms with E-state index in [1.165, 1.54) is 6.07 Å². The van der Waals surface area contributed by atoms with Crippen LogP contribution >= 0.6 is 0 Å². The average Bonchev–Trinajstić information content (AvgIpc) is 2.18. The van der Waals surface area contributed by atoms with E-state index in [0.717, 1.165) is 30.4 Å². The van der Waals surface area contributed by atoms with Crippen LogP contribution in [0.4, 0.5) is 4.39 Å². The van der Waals surface area contributed by atoms with Crippen LogP contribution in [-0.4, -0.2) is 0 Å². The summed E-state index contributed by atoms with van der Waals surface area (Å²) in [7, 11) is 0. The van der Waals surface area contributed by atoms with Crippen LogP contribution < -0.4 is 5.73 Å². The monoisotopic (exact) mass is 190 g/mol. The Hall–Kier alpha value is -1.40. The summed E-state index contributed by atoms with van der Waals surface area (Å²) in [5, 5.41) is 8.83. The molecule has 3 heteroatoms. The number of benzene rings is 1. The highest BCUT2D eigenvalue weighted by molar-refractivity contribution is 5.46. The van der Waals surface area contributed by atoms with Crippen LogP contribution in [0.3, 0.4) is 0 Å². The summed E-state index contributed by atoms with van der Waals surface area (Å²) in [6, 6.07) is 4.92. The summed E-state index contributed by atoms with van der Waals surface area (Å²) in [4.78, 5) is 0. The van der Waals surface area contributed by atoms with Gasteiger partial charge in [0.15, 0.2) is 0 Å². The predicted octanol–water partition coefficient (Wildman–Crippen LogP) is 2.03. The van der Waals surface area contributed by atoms with Crippen LogP contribution in [0.25, 0.3) is 0 Å². The molecule has 0 saturated heterocycles. The highest BCUT2D eigenvalue weighted by Gasteiger charge is 2.21. The first-order valence-corrected chi connectivity index (χ1v) is 4.71. The standard InChI is InChI=1S/C11H11FN2/c12-10-5-4-8-7(9(10)6-13)2-1-3-11(8)14/h4-5,11H,1-3,14H2/t11-/m0/s1. The maximum absolute atomic E-state index is 13.2. The van der Waals surface area contributed by atoms with Crippen molar-refractivity contribution in [2.45, 2.75) is 25.3 Å². The van der Waals surface area contributed by atoms with Gasteiger partial charge in [-0.3, -0.25) is 0 Å². The Bertz CT molecular complexity index is 406. The molecule has 1 aromatic rings. The summed E-state index contributed by atoms with van der Waals surface area (Å²) in [5.74, 6) is -0.430. The molecule has 0 unspecified atom stereocenters. The van der Waals surface area contributed by atoms with Gasteiger partial charge in [-0.2, -0.15) is 5.26 Å². The molecular formula is C11H11FN2. The number of hydrogen-bond acceptors (Lipinski definition) is 2. The van der Waals surface area contributed by atoms with E-state index in [1.54, 1.807) is 6.07 Å². The van der Waals surface area contributed by atoms with Gasteiger partial charge >= 0.3 is 0 Å². The number of nitrogens with zero attached hydrogens (tertiary/aromatic N) is 1. The highest BCUT2D eigenvalue weighted by Crippen LogP contribution is 2.30. The van der Waals surface area contributed by atoms with Gasteiger partial charge in [-0.05, 0) is 36.5 Å². The molecule has 2 rings (SSSR count). The van der Waals surface area contributed by atoms with Crippen molar-refractivity contribution in [3.05, 3.63) is 34.6 Å². The zero-order valence-corrected chi connectivity index (χ0v) is 7.76. The van der Waals surface area contributed by atoms with E-state index in [4.69, 9.17) is 11.0 Å². The fourth-order valence-corrected chi connectivity index (χ4v) is 2.03. The Morgan fingerprint density at radius 1 is 1.50 bits per heavy atom. The third-order valence-corrected chi connectivity index (χ3v) is 2.75. The van der Waals surface area contributed by atoms with E-state index in [9.17, 15) is 4.39 Å². The van der Waals surface area contributed by atoms with E-state index >= 15 is 0 Å². The molecule has 1 atom stereocenters. The number of fused-ring (bicyclic) bond motifs is 1. The van der Waals surface area contributed by atoms with E-state index in [0.29, 0.717) is 0 Å². The van der Waals surface area contributed by atoms with Crippen LogP contribution in [0.2, 0.25) is 0 Å². The van der Waals surface area contributed by atoms with E-state index in [-0.39, 0.29) is 11.6 Å². The second-order valence-electron chi connectivity index (χ2n) is 3.60. The van der Waals surface area contributed by atoms with Crippen molar-refractivity contribution < 1.29 is 4.39 Å². The van der Waals surface area contributed by atoms with E-state index in [2.05, 4.69) is 0 Å². The predicted molar refractivity (Wildman–Crippen MR) is 51.0 cm³/mol. The second kappa shape index (κ2) is 3.39. The lowest BCUT2D eigenvalue weighted by Crippen LogP contribution is -2.18. The molecule has 14 heavy (non-hydrogen) atoms. The number of nitrogens with two attached hydrogens (primary N) is 1. The zero-order valence-electron chi connectivity index (χ0n) is 7.76. The van der Waals surface area contributed by atoms with Crippen molar-refractivity contribution in [3.8, 4) is 6.07 Å². The van der Waals surface area contributed by atoms with Gasteiger partial charge in [-0.1, -0.05) is 6.07 Å². The minimum absolute atomic E-state index is 0.0357. The van der Waals surface area contributed by atoms with Crippen molar-refractivity contribution in [2.24, 2.45) is 5.73 Å². The molecule has 2 nitrogen and oxygen atoms in total. The molecule has 0 aromatic heterocycles. The fourth-order valence-electron chi connectivity index (χ4n) is 2.03. The molecular weight excluding hydrogens is 179 g/mol. The summed E-state index contributed by atoms with van der Waals surface area (Å²) >= 11 is 0. The molecule has 0 spiro atoms. The summed E-state index contributed by atoms with van der Waals surface area (Å²) in [6.07, 6.45) is 2.62. The van der Waals surface area contributed by atoms with Gasteiger partial charge in [0.2, 0.25) is 0 Å². The van der Waals surface area contributed by atoms with Crippen molar-refractivity contribution in [2.75, 3.05) is 0 Å². The maximum Gasteiger partial charge on any atom is 0.141 e. The topological polar surface area (TPSA) is 49.8 Å². The first-order chi connectivity index (χ1) is 6.74. The fraction of sp³-hybridized carbons (Fsp3) is 0.364. The molecule has 1 aliphatic rings. The van der Waals surface area contributed by atoms with Gasteiger partial charge in [-0.25, -0.2) is 4.39 Å². The van der Waals surface area contributed by atoms with Crippen molar-refractivity contribution in [1.29, 1.82) is 5.26 Å². The van der Waals surface area contributed by atoms with Gasteiger partial charge in [0.1, 0.15) is 11.9 Å². The minimum atomic E-state index is -0.430. The Morgan fingerprint density at radius 2 is 2.29 bits per heavy atom. The number of rotatable bonds is 0. The van der Waals surface area contributed by atoms with Crippen LogP contribution in [0.5, 0.6) is 0 Å². The molecule has 1 aromatic carbocycles. The van der Waals surface area contributed by atoms with Gasteiger partial charge in [0, 0.05) is 6.04 Å². The first kappa shape index (κ1) is 9.17. The SMILES string of the molecule is N#Cc1c(F)ccc2c1CCC[C@@H]2N. The lowest BCUT2D eigenvalue weighted by molar-refractivity contribution is 0.557. The van der Waals surface area contributed by atoms with Gasteiger partial charge in [0.05, 0.1) is 5.56 Å². The molecule has 2 N–H and O–H groups in total. The quantitative estimate of drug-likeness (QED) is 0.680. The van der Waals surface area contributed by atoms with Crippen molar-refractivity contribution >= 4 is 0 Å². The molecule has 0 saturated carbocycles. The molecule has 0 fully saturated rings. The Kier molecular flexibility index (Phi) is 2.22. The molecule has 0 heterocycles. The Labute approximate surface area is 82.1 Å². The molecule has 0 amide bonds. The van der Waals surface area contributed by atoms with Gasteiger partial charge in [0.25, 0.3) is 0 Å². The number of hydrogen-bond donors (Lipinski definition) is 1. The van der Waals surface area contributed by atoms with E-state index in [1.807, 2.05) is 6.07 Å². The van der Waals surface area contributed by atoms with E-state index < -0.39 is 5.82 Å². The molecule has 1 aliphatic carbocycles. The summed E-state index contributed by atoms with van der Waals surface area (Å²) < 4.78 is 13.2. The number of nitriles is 1. The van der Waals surface area contributed by atoms with Crippen molar-refractivity contribution in [1.82, 2.24) is 0 Å². The Morgan fingerprint density at radius 3 is 3.00 bits per heavy atom. The molecule has 0 aliphatic heterocycles. The zero-order chi connectivity index (χ0) is 10.1. The van der Waals surface area contributed by atoms with Gasteiger partial charge < -0.3 is 5.73 Å². The summed E-state index contributed by atoms with van der Waals surface area (Å²) in [5.41, 5.74) is 7.82. The molecule has 0 radical (unpaired) electrons. The molecule has 0 bridgehead atoms. The smallest absolute Gasteiger partial charge is 0.141 e. The minimum Gasteiger partial charge on any atom is -0.324 e. The van der Waals surface area contributed by atoms with Crippen molar-refractivity contribution in [3.63, 3.8) is 0 Å². The third-order valence-electron chi connectivity index (χ3n) is 2.75. The van der Waals surface area contributed by atoms with Crippen LogP contribution in [0.1, 0.15) is 35.6 Å². The normalized spacial score (nSPS) is 19.9. The highest BCUT2D eigenvalue weighted by atomic mass is 19.1. The lowest BCUT2D eigenvalue weighted by Gasteiger charge is -2.22. The average molecular weight is 190 g/mol. The third kappa shape index (κ3) is 1.28. The molecule has 72 valence electrons. The maximum atomic E-state index is 13.2.